The molecule has 1 aromatic heterocycles. The summed E-state index contributed by atoms with van der Waals surface area (Å²) in [6.07, 6.45) is 3.66. The van der Waals surface area contributed by atoms with Gasteiger partial charge in [-0.15, -0.1) is 10.2 Å². The van der Waals surface area contributed by atoms with Gasteiger partial charge in [0.25, 0.3) is 0 Å². The Labute approximate surface area is 118 Å². The number of hydrogen-bond donors (Lipinski definition) is 1. The van der Waals surface area contributed by atoms with E-state index in [0.29, 0.717) is 12.0 Å². The van der Waals surface area contributed by atoms with Crippen molar-refractivity contribution in [1.82, 2.24) is 20.1 Å². The standard InChI is InChI=1S/C15H19FN4/c1-10(15-19-17-9-20(15)2)18-12-7-11(8-12)13-5-3-4-6-14(13)16/h3-6,9-12,18H,7-8H2,1-2H3. The molecule has 0 spiro atoms. The first-order valence-electron chi connectivity index (χ1n) is 6.99. The molecule has 3 rings (SSSR count). The maximum Gasteiger partial charge on any atom is 0.149 e. The van der Waals surface area contributed by atoms with Gasteiger partial charge < -0.3 is 9.88 Å². The molecule has 1 heterocycles. The summed E-state index contributed by atoms with van der Waals surface area (Å²) in [5.74, 6) is 1.18. The summed E-state index contributed by atoms with van der Waals surface area (Å²) in [5, 5.41) is 11.5. The van der Waals surface area contributed by atoms with Crippen LogP contribution >= 0.6 is 0 Å². The number of hydrogen-bond acceptors (Lipinski definition) is 3. The minimum atomic E-state index is -0.0858. The van der Waals surface area contributed by atoms with Crippen molar-refractivity contribution in [3.8, 4) is 0 Å². The van der Waals surface area contributed by atoms with E-state index in [9.17, 15) is 4.39 Å². The summed E-state index contributed by atoms with van der Waals surface area (Å²) in [6.45, 7) is 2.08. The molecule has 1 fully saturated rings. The maximum atomic E-state index is 13.7. The van der Waals surface area contributed by atoms with Crippen LogP contribution in [0.2, 0.25) is 0 Å². The van der Waals surface area contributed by atoms with E-state index in [1.807, 2.05) is 23.7 Å². The highest BCUT2D eigenvalue weighted by Gasteiger charge is 2.33. The Kier molecular flexibility index (Phi) is 3.53. The van der Waals surface area contributed by atoms with E-state index in [1.54, 1.807) is 12.4 Å². The monoisotopic (exact) mass is 274 g/mol. The molecule has 0 aliphatic heterocycles. The number of nitrogens with zero attached hydrogens (tertiary/aromatic N) is 3. The number of aromatic nitrogens is 3. The Morgan fingerprint density at radius 1 is 1.35 bits per heavy atom. The molecule has 106 valence electrons. The van der Waals surface area contributed by atoms with E-state index in [1.165, 1.54) is 6.07 Å². The SMILES string of the molecule is CC(NC1CC(c2ccccc2F)C1)c1nncn1C. The lowest BCUT2D eigenvalue weighted by atomic mass is 9.75. The molecule has 1 atom stereocenters. The number of halogens is 1. The molecule has 1 saturated carbocycles. The molecule has 5 heteroatoms. The second-order valence-electron chi connectivity index (χ2n) is 5.58. The quantitative estimate of drug-likeness (QED) is 0.931. The number of aryl methyl sites for hydroxylation is 1. The van der Waals surface area contributed by atoms with Crippen molar-refractivity contribution < 1.29 is 4.39 Å². The van der Waals surface area contributed by atoms with Gasteiger partial charge >= 0.3 is 0 Å². The van der Waals surface area contributed by atoms with Gasteiger partial charge in [0, 0.05) is 13.1 Å². The Balaban J connectivity index is 1.56. The smallest absolute Gasteiger partial charge is 0.149 e. The van der Waals surface area contributed by atoms with E-state index in [2.05, 4.69) is 22.4 Å². The molecule has 0 amide bonds. The fourth-order valence-corrected chi connectivity index (χ4v) is 2.93. The van der Waals surface area contributed by atoms with Crippen molar-refractivity contribution in [1.29, 1.82) is 0 Å². The molecular formula is C15H19FN4. The predicted molar refractivity (Wildman–Crippen MR) is 74.7 cm³/mol. The first-order chi connectivity index (χ1) is 9.65. The topological polar surface area (TPSA) is 42.7 Å². The normalized spacial score (nSPS) is 23.4. The number of benzene rings is 1. The molecule has 1 aliphatic carbocycles. The van der Waals surface area contributed by atoms with Crippen LogP contribution in [0.15, 0.2) is 30.6 Å². The number of nitrogens with one attached hydrogen (secondary N) is 1. The Morgan fingerprint density at radius 2 is 2.10 bits per heavy atom. The van der Waals surface area contributed by atoms with Crippen LogP contribution in [0.4, 0.5) is 4.39 Å². The summed E-state index contributed by atoms with van der Waals surface area (Å²) in [5.41, 5.74) is 0.844. The van der Waals surface area contributed by atoms with Crippen LogP contribution < -0.4 is 5.32 Å². The van der Waals surface area contributed by atoms with Crippen molar-refractivity contribution in [3.05, 3.63) is 47.8 Å². The number of rotatable bonds is 4. The molecule has 0 radical (unpaired) electrons. The molecule has 2 aromatic rings. The van der Waals surface area contributed by atoms with Gasteiger partial charge in [-0.1, -0.05) is 18.2 Å². The fourth-order valence-electron chi connectivity index (χ4n) is 2.93. The third-order valence-corrected chi connectivity index (χ3v) is 4.10. The van der Waals surface area contributed by atoms with E-state index in [0.717, 1.165) is 24.2 Å². The van der Waals surface area contributed by atoms with E-state index < -0.39 is 0 Å². The van der Waals surface area contributed by atoms with Crippen LogP contribution in [-0.2, 0) is 7.05 Å². The van der Waals surface area contributed by atoms with Crippen molar-refractivity contribution in [2.45, 2.75) is 37.8 Å². The minimum Gasteiger partial charge on any atom is -0.319 e. The largest absolute Gasteiger partial charge is 0.319 e. The second kappa shape index (κ2) is 5.32. The first kappa shape index (κ1) is 13.2. The van der Waals surface area contributed by atoms with Crippen molar-refractivity contribution in [3.63, 3.8) is 0 Å². The second-order valence-corrected chi connectivity index (χ2v) is 5.58. The van der Waals surface area contributed by atoms with Gasteiger partial charge in [-0.05, 0) is 37.3 Å². The van der Waals surface area contributed by atoms with E-state index in [-0.39, 0.29) is 11.9 Å². The molecule has 1 N–H and O–H groups in total. The summed E-state index contributed by atoms with van der Waals surface area (Å²) >= 11 is 0. The third-order valence-electron chi connectivity index (χ3n) is 4.10. The lowest BCUT2D eigenvalue weighted by molar-refractivity contribution is 0.262. The van der Waals surface area contributed by atoms with Crippen LogP contribution in [-0.4, -0.2) is 20.8 Å². The van der Waals surface area contributed by atoms with E-state index in [4.69, 9.17) is 0 Å². The van der Waals surface area contributed by atoms with Crippen molar-refractivity contribution in [2.24, 2.45) is 7.05 Å². The Hall–Kier alpha value is -1.75. The Bertz CT molecular complexity index is 589. The Morgan fingerprint density at radius 3 is 2.75 bits per heavy atom. The van der Waals surface area contributed by atoms with Gasteiger partial charge in [0.2, 0.25) is 0 Å². The zero-order valence-corrected chi connectivity index (χ0v) is 11.8. The zero-order chi connectivity index (χ0) is 14.1. The molecule has 0 saturated heterocycles. The van der Waals surface area contributed by atoms with Crippen LogP contribution in [0.25, 0.3) is 0 Å². The zero-order valence-electron chi connectivity index (χ0n) is 11.8. The van der Waals surface area contributed by atoms with Crippen LogP contribution in [0.3, 0.4) is 0 Å². The van der Waals surface area contributed by atoms with Crippen molar-refractivity contribution in [2.75, 3.05) is 0 Å². The summed E-state index contributed by atoms with van der Waals surface area (Å²) in [4.78, 5) is 0. The highest BCUT2D eigenvalue weighted by Crippen LogP contribution is 2.38. The van der Waals surface area contributed by atoms with Crippen LogP contribution in [0, 0.1) is 5.82 Å². The van der Waals surface area contributed by atoms with Gasteiger partial charge in [-0.2, -0.15) is 0 Å². The van der Waals surface area contributed by atoms with Crippen LogP contribution in [0.1, 0.15) is 43.1 Å². The van der Waals surface area contributed by atoms with E-state index >= 15 is 0 Å². The molecule has 4 nitrogen and oxygen atoms in total. The molecule has 1 aliphatic rings. The summed E-state index contributed by atoms with van der Waals surface area (Å²) < 4.78 is 15.6. The molecule has 0 bridgehead atoms. The lowest BCUT2D eigenvalue weighted by Crippen LogP contribution is -2.42. The van der Waals surface area contributed by atoms with Gasteiger partial charge in [-0.3, -0.25) is 0 Å². The average molecular weight is 274 g/mol. The molecule has 1 aromatic carbocycles. The molecular weight excluding hydrogens is 255 g/mol. The van der Waals surface area contributed by atoms with Gasteiger partial charge in [-0.25, -0.2) is 4.39 Å². The van der Waals surface area contributed by atoms with Crippen LogP contribution in [0.5, 0.6) is 0 Å². The van der Waals surface area contributed by atoms with Gasteiger partial charge in [0.05, 0.1) is 6.04 Å². The minimum absolute atomic E-state index is 0.0858. The van der Waals surface area contributed by atoms with Gasteiger partial charge in [0.1, 0.15) is 18.0 Å². The summed E-state index contributed by atoms with van der Waals surface area (Å²) in [6, 6.07) is 7.66. The third kappa shape index (κ3) is 2.45. The molecule has 1 unspecified atom stereocenters. The highest BCUT2D eigenvalue weighted by atomic mass is 19.1. The first-order valence-corrected chi connectivity index (χ1v) is 6.99. The lowest BCUT2D eigenvalue weighted by Gasteiger charge is -2.38. The fraction of sp³-hybridized carbons (Fsp3) is 0.467. The highest BCUT2D eigenvalue weighted by molar-refractivity contribution is 5.24. The predicted octanol–water partition coefficient (Wildman–Crippen LogP) is 2.55. The average Bonchev–Trinajstić information content (AvgIpc) is 2.81. The van der Waals surface area contributed by atoms with Crippen molar-refractivity contribution >= 4 is 0 Å². The summed E-state index contributed by atoms with van der Waals surface area (Å²) in [7, 11) is 1.94. The maximum absolute atomic E-state index is 13.7. The van der Waals surface area contributed by atoms with Gasteiger partial charge in [0.15, 0.2) is 0 Å². The molecule has 20 heavy (non-hydrogen) atoms.